The van der Waals surface area contributed by atoms with Gasteiger partial charge in [-0.2, -0.15) is 0 Å². The lowest BCUT2D eigenvalue weighted by Gasteiger charge is -2.43. The Hall–Kier alpha value is -0.680. The fourth-order valence-electron chi connectivity index (χ4n) is 3.73. The molecule has 0 aromatic carbocycles. The molecule has 0 aromatic heterocycles. The zero-order valence-corrected chi connectivity index (χ0v) is 12.6. The van der Waals surface area contributed by atoms with E-state index in [-0.39, 0.29) is 24.1 Å². The van der Waals surface area contributed by atoms with Crippen molar-refractivity contribution in [3.05, 3.63) is 0 Å². The average molecular weight is 284 g/mol. The highest BCUT2D eigenvalue weighted by atomic mass is 32.1. The Balaban J connectivity index is 2.26. The van der Waals surface area contributed by atoms with E-state index < -0.39 is 5.41 Å². The number of aliphatic hydroxyl groups is 1. The number of carbonyl (C=O) groups excluding carboxylic acids is 1. The van der Waals surface area contributed by atoms with E-state index >= 15 is 0 Å². The van der Waals surface area contributed by atoms with E-state index in [4.69, 9.17) is 18.0 Å². The van der Waals surface area contributed by atoms with E-state index in [0.717, 1.165) is 12.8 Å². The van der Waals surface area contributed by atoms with Gasteiger partial charge < -0.3 is 15.7 Å². The number of rotatable bonds is 4. The number of aliphatic hydroxyl groups excluding tert-OH is 1. The minimum absolute atomic E-state index is 0.0874. The molecule has 4 nitrogen and oxygen atoms in total. The van der Waals surface area contributed by atoms with Crippen molar-refractivity contribution in [1.82, 2.24) is 4.90 Å². The van der Waals surface area contributed by atoms with Crippen LogP contribution >= 0.6 is 12.2 Å². The third-order valence-electron chi connectivity index (χ3n) is 5.03. The average Bonchev–Trinajstić information content (AvgIpc) is 2.63. The number of hydrogen-bond donors (Lipinski definition) is 2. The first-order valence-corrected chi connectivity index (χ1v) is 7.67. The molecular formula is C14H24N2O2S. The van der Waals surface area contributed by atoms with Gasteiger partial charge in [-0.15, -0.1) is 0 Å². The highest BCUT2D eigenvalue weighted by Crippen LogP contribution is 2.40. The van der Waals surface area contributed by atoms with Gasteiger partial charge in [-0.05, 0) is 38.5 Å². The molecule has 2 heterocycles. The van der Waals surface area contributed by atoms with Crippen molar-refractivity contribution in [1.29, 1.82) is 0 Å². The normalized spacial score (nSPS) is 30.5. The Labute approximate surface area is 120 Å². The smallest absolute Gasteiger partial charge is 0.236 e. The molecule has 0 spiro atoms. The van der Waals surface area contributed by atoms with Crippen LogP contribution in [0.25, 0.3) is 0 Å². The summed E-state index contributed by atoms with van der Waals surface area (Å²) < 4.78 is 0. The van der Waals surface area contributed by atoms with Gasteiger partial charge in [0.15, 0.2) is 0 Å². The Bertz CT molecular complexity index is 368. The van der Waals surface area contributed by atoms with Gasteiger partial charge in [-0.25, -0.2) is 0 Å². The highest BCUT2D eigenvalue weighted by molar-refractivity contribution is 7.80. The second-order valence-corrected chi connectivity index (χ2v) is 6.32. The maximum Gasteiger partial charge on any atom is 0.236 e. The zero-order chi connectivity index (χ0) is 14.2. The maximum atomic E-state index is 13.0. The second kappa shape index (κ2) is 5.37. The van der Waals surface area contributed by atoms with Crippen LogP contribution in [0.3, 0.4) is 0 Å². The summed E-state index contributed by atoms with van der Waals surface area (Å²) in [5, 5.41) is 9.83. The van der Waals surface area contributed by atoms with E-state index in [0.29, 0.717) is 30.7 Å². The number of fused-ring (bicyclic) bond motifs is 2. The fourth-order valence-corrected chi connectivity index (χ4v) is 4.11. The minimum Gasteiger partial charge on any atom is -0.393 e. The zero-order valence-electron chi connectivity index (χ0n) is 11.8. The van der Waals surface area contributed by atoms with Crippen molar-refractivity contribution in [2.45, 2.75) is 70.6 Å². The van der Waals surface area contributed by atoms with Crippen molar-refractivity contribution in [2.75, 3.05) is 0 Å². The predicted octanol–water partition coefficient (Wildman–Crippen LogP) is 1.59. The van der Waals surface area contributed by atoms with Crippen LogP contribution in [0.4, 0.5) is 0 Å². The summed E-state index contributed by atoms with van der Waals surface area (Å²) in [6.45, 7) is 3.95. The molecule has 2 fully saturated rings. The number of nitrogens with zero attached hydrogens (tertiary/aromatic N) is 1. The van der Waals surface area contributed by atoms with E-state index in [9.17, 15) is 9.90 Å². The van der Waals surface area contributed by atoms with E-state index in [1.807, 2.05) is 18.7 Å². The number of hydrogen-bond acceptors (Lipinski definition) is 3. The van der Waals surface area contributed by atoms with Crippen molar-refractivity contribution in [3.8, 4) is 0 Å². The Morgan fingerprint density at radius 3 is 2.16 bits per heavy atom. The van der Waals surface area contributed by atoms with Gasteiger partial charge in [0.2, 0.25) is 5.91 Å². The highest BCUT2D eigenvalue weighted by Gasteiger charge is 2.49. The molecule has 5 heteroatoms. The molecule has 2 unspecified atom stereocenters. The molecular weight excluding hydrogens is 260 g/mol. The molecule has 3 N–H and O–H groups in total. The number of carbonyl (C=O) groups is 1. The van der Waals surface area contributed by atoms with E-state index in [1.165, 1.54) is 0 Å². The van der Waals surface area contributed by atoms with E-state index in [1.54, 1.807) is 0 Å². The van der Waals surface area contributed by atoms with Crippen LogP contribution in [0.15, 0.2) is 0 Å². The lowest BCUT2D eigenvalue weighted by molar-refractivity contribution is -0.145. The van der Waals surface area contributed by atoms with Crippen molar-refractivity contribution in [3.63, 3.8) is 0 Å². The second-order valence-electron chi connectivity index (χ2n) is 5.88. The predicted molar refractivity (Wildman–Crippen MR) is 78.7 cm³/mol. The molecule has 2 atom stereocenters. The van der Waals surface area contributed by atoms with Gasteiger partial charge in [0.25, 0.3) is 0 Å². The van der Waals surface area contributed by atoms with Gasteiger partial charge in [0.1, 0.15) is 0 Å². The maximum absolute atomic E-state index is 13.0. The van der Waals surface area contributed by atoms with Crippen LogP contribution in [-0.4, -0.2) is 39.1 Å². The van der Waals surface area contributed by atoms with Crippen LogP contribution in [0.2, 0.25) is 0 Å². The monoisotopic (exact) mass is 284 g/mol. The third kappa shape index (κ3) is 2.27. The Morgan fingerprint density at radius 1 is 1.32 bits per heavy atom. The van der Waals surface area contributed by atoms with Crippen molar-refractivity contribution in [2.24, 2.45) is 11.1 Å². The number of nitrogens with two attached hydrogens (primary N) is 1. The third-order valence-corrected chi connectivity index (χ3v) is 5.42. The Kier molecular flexibility index (Phi) is 4.16. The molecule has 2 saturated heterocycles. The Morgan fingerprint density at radius 2 is 1.79 bits per heavy atom. The molecule has 0 radical (unpaired) electrons. The van der Waals surface area contributed by atoms with Crippen LogP contribution in [-0.2, 0) is 4.79 Å². The quantitative estimate of drug-likeness (QED) is 0.770. The first-order chi connectivity index (χ1) is 8.96. The summed E-state index contributed by atoms with van der Waals surface area (Å²) >= 11 is 5.17. The van der Waals surface area contributed by atoms with E-state index in [2.05, 4.69) is 0 Å². The van der Waals surface area contributed by atoms with Crippen LogP contribution < -0.4 is 5.73 Å². The molecule has 0 aromatic rings. The summed E-state index contributed by atoms with van der Waals surface area (Å²) in [4.78, 5) is 15.3. The summed E-state index contributed by atoms with van der Waals surface area (Å²) in [6.07, 6.45) is 4.42. The SMILES string of the molecule is CCC(CC)(C(=O)N1C2CCC1CC(O)C2)C(N)=S. The first-order valence-electron chi connectivity index (χ1n) is 7.27. The van der Waals surface area contributed by atoms with Crippen LogP contribution in [0.5, 0.6) is 0 Å². The summed E-state index contributed by atoms with van der Waals surface area (Å²) in [5.74, 6) is 0.0874. The number of piperidine rings is 1. The molecule has 2 aliphatic rings. The van der Waals surface area contributed by atoms with Gasteiger partial charge in [0, 0.05) is 12.1 Å². The molecule has 1 amide bonds. The molecule has 2 rings (SSSR count). The largest absolute Gasteiger partial charge is 0.393 e. The molecule has 19 heavy (non-hydrogen) atoms. The standard InChI is InChI=1S/C14H24N2O2S/c1-3-14(4-2,12(15)19)13(18)16-9-5-6-10(16)8-11(17)7-9/h9-11,17H,3-8H2,1-2H3,(H2,15,19). The van der Waals surface area contributed by atoms with Gasteiger partial charge in [-0.1, -0.05) is 26.1 Å². The van der Waals surface area contributed by atoms with Crippen molar-refractivity contribution < 1.29 is 9.90 Å². The molecule has 2 aliphatic heterocycles. The molecule has 0 aliphatic carbocycles. The molecule has 108 valence electrons. The minimum atomic E-state index is -0.696. The summed E-state index contributed by atoms with van der Waals surface area (Å²) in [6, 6.07) is 0.348. The van der Waals surface area contributed by atoms with Gasteiger partial charge in [0.05, 0.1) is 16.5 Å². The number of amides is 1. The lowest BCUT2D eigenvalue weighted by Crippen LogP contribution is -2.56. The molecule has 2 bridgehead atoms. The van der Waals surface area contributed by atoms with Gasteiger partial charge in [-0.3, -0.25) is 4.79 Å². The summed E-state index contributed by atoms with van der Waals surface area (Å²) in [7, 11) is 0. The van der Waals surface area contributed by atoms with Crippen molar-refractivity contribution >= 4 is 23.1 Å². The lowest BCUT2D eigenvalue weighted by atomic mass is 9.79. The van der Waals surface area contributed by atoms with Crippen LogP contribution in [0.1, 0.15) is 52.4 Å². The topological polar surface area (TPSA) is 66.6 Å². The first kappa shape index (κ1) is 14.7. The number of thiocarbonyl (C=S) groups is 1. The fraction of sp³-hybridized carbons (Fsp3) is 0.857. The van der Waals surface area contributed by atoms with Gasteiger partial charge >= 0.3 is 0 Å². The summed E-state index contributed by atoms with van der Waals surface area (Å²) in [5.41, 5.74) is 5.18. The van der Waals surface area contributed by atoms with Crippen LogP contribution in [0, 0.1) is 5.41 Å². The molecule has 0 saturated carbocycles.